The molecule has 1 saturated heterocycles. The number of hydrogen-bond donors (Lipinski definition) is 2. The number of rotatable bonds is 4. The maximum absolute atomic E-state index is 13.6. The second-order valence-electron chi connectivity index (χ2n) is 5.53. The second-order valence-corrected chi connectivity index (χ2v) is 5.53. The van der Waals surface area contributed by atoms with Gasteiger partial charge in [-0.3, -0.25) is 4.79 Å². The summed E-state index contributed by atoms with van der Waals surface area (Å²) in [4.78, 5) is 29.7. The molecule has 0 spiro atoms. The highest BCUT2D eigenvalue weighted by Crippen LogP contribution is 2.25. The zero-order valence-corrected chi connectivity index (χ0v) is 12.8. The maximum atomic E-state index is 13.6. The molecule has 1 aromatic heterocycles. The molecule has 0 bridgehead atoms. The fourth-order valence-corrected chi connectivity index (χ4v) is 2.71. The third kappa shape index (κ3) is 3.19. The number of carboxylic acids is 1. The van der Waals surface area contributed by atoms with Crippen LogP contribution in [0.2, 0.25) is 0 Å². The molecule has 24 heavy (non-hydrogen) atoms. The Bertz CT molecular complexity index is 788. The quantitative estimate of drug-likeness (QED) is 0.901. The molecule has 1 fully saturated rings. The van der Waals surface area contributed by atoms with Crippen molar-refractivity contribution in [1.82, 2.24) is 4.98 Å². The lowest BCUT2D eigenvalue weighted by atomic mass is 10.2. The smallest absolute Gasteiger partial charge is 0.339 e. The highest BCUT2D eigenvalue weighted by molar-refractivity contribution is 6.05. The number of carboxylic acid groups (broad SMARTS) is 1. The lowest BCUT2D eigenvalue weighted by Crippen LogP contribution is -2.22. The Hall–Kier alpha value is -2.96. The third-order valence-corrected chi connectivity index (χ3v) is 3.88. The molecule has 1 aliphatic heterocycles. The highest BCUT2D eigenvalue weighted by Gasteiger charge is 2.22. The Morgan fingerprint density at radius 3 is 2.54 bits per heavy atom. The Labute approximate surface area is 137 Å². The van der Waals surface area contributed by atoms with Crippen molar-refractivity contribution in [2.24, 2.45) is 0 Å². The highest BCUT2D eigenvalue weighted by atomic mass is 19.1. The van der Waals surface area contributed by atoms with E-state index in [2.05, 4.69) is 10.3 Å². The van der Waals surface area contributed by atoms with Crippen molar-refractivity contribution in [3.63, 3.8) is 0 Å². The normalized spacial score (nSPS) is 13.8. The van der Waals surface area contributed by atoms with Crippen molar-refractivity contribution in [2.45, 2.75) is 12.8 Å². The molecule has 3 rings (SSSR count). The molecule has 0 saturated carbocycles. The van der Waals surface area contributed by atoms with E-state index in [0.29, 0.717) is 5.82 Å². The number of carbonyl (C=O) groups is 2. The second kappa shape index (κ2) is 6.66. The van der Waals surface area contributed by atoms with Crippen molar-refractivity contribution >= 4 is 23.4 Å². The summed E-state index contributed by atoms with van der Waals surface area (Å²) in [5.41, 5.74) is 0.116. The third-order valence-electron chi connectivity index (χ3n) is 3.88. The molecular formula is C17H16FN3O3. The van der Waals surface area contributed by atoms with Gasteiger partial charge in [0.15, 0.2) is 0 Å². The van der Waals surface area contributed by atoms with Crippen LogP contribution in [0.4, 0.5) is 15.9 Å². The van der Waals surface area contributed by atoms with Gasteiger partial charge in [-0.25, -0.2) is 14.2 Å². The summed E-state index contributed by atoms with van der Waals surface area (Å²) in [6.45, 7) is 1.52. The molecule has 1 aromatic carbocycles. The number of nitrogens with zero attached hydrogens (tertiary/aromatic N) is 2. The number of carbonyl (C=O) groups excluding carboxylic acids is 1. The van der Waals surface area contributed by atoms with Gasteiger partial charge in [0.05, 0.1) is 17.4 Å². The molecule has 6 nitrogen and oxygen atoms in total. The van der Waals surface area contributed by atoms with Crippen LogP contribution in [-0.4, -0.2) is 35.1 Å². The van der Waals surface area contributed by atoms with E-state index >= 15 is 0 Å². The number of hydrogen-bond acceptors (Lipinski definition) is 4. The van der Waals surface area contributed by atoms with Gasteiger partial charge in [-0.2, -0.15) is 0 Å². The molecule has 2 heterocycles. The van der Waals surface area contributed by atoms with Crippen LogP contribution < -0.4 is 10.2 Å². The van der Waals surface area contributed by atoms with Crippen LogP contribution in [0.3, 0.4) is 0 Å². The SMILES string of the molecule is O=C(Nc1cnc(N2CCCC2)c(C(=O)O)c1)c1ccccc1F. The Morgan fingerprint density at radius 1 is 1.17 bits per heavy atom. The topological polar surface area (TPSA) is 82.5 Å². The van der Waals surface area contributed by atoms with E-state index in [1.165, 1.54) is 30.5 Å². The van der Waals surface area contributed by atoms with E-state index in [1.807, 2.05) is 4.90 Å². The van der Waals surface area contributed by atoms with Gasteiger partial charge in [0.2, 0.25) is 0 Å². The molecule has 0 radical (unpaired) electrons. The molecule has 2 N–H and O–H groups in total. The van der Waals surface area contributed by atoms with E-state index in [9.17, 15) is 19.1 Å². The van der Waals surface area contributed by atoms with Crippen LogP contribution in [0.1, 0.15) is 33.6 Å². The Morgan fingerprint density at radius 2 is 1.88 bits per heavy atom. The molecule has 7 heteroatoms. The maximum Gasteiger partial charge on any atom is 0.339 e. The van der Waals surface area contributed by atoms with Crippen LogP contribution in [0.15, 0.2) is 36.5 Å². The Kier molecular flexibility index (Phi) is 4.41. The van der Waals surface area contributed by atoms with E-state index in [1.54, 1.807) is 6.07 Å². The van der Waals surface area contributed by atoms with Gasteiger partial charge in [0, 0.05) is 13.1 Å². The summed E-state index contributed by atoms with van der Waals surface area (Å²) in [6, 6.07) is 6.93. The van der Waals surface area contributed by atoms with Gasteiger partial charge in [0.25, 0.3) is 5.91 Å². The molecule has 1 amide bonds. The van der Waals surface area contributed by atoms with E-state index in [4.69, 9.17) is 0 Å². The molecule has 1 aliphatic rings. The van der Waals surface area contributed by atoms with Crippen LogP contribution >= 0.6 is 0 Å². The minimum atomic E-state index is -1.12. The number of pyridine rings is 1. The monoisotopic (exact) mass is 329 g/mol. The average molecular weight is 329 g/mol. The zero-order chi connectivity index (χ0) is 17.1. The van der Waals surface area contributed by atoms with Gasteiger partial charge >= 0.3 is 5.97 Å². The van der Waals surface area contributed by atoms with Crippen molar-refractivity contribution in [3.8, 4) is 0 Å². The van der Waals surface area contributed by atoms with E-state index in [-0.39, 0.29) is 16.8 Å². The first-order valence-electron chi connectivity index (χ1n) is 7.60. The Balaban J connectivity index is 1.86. The van der Waals surface area contributed by atoms with Crippen molar-refractivity contribution in [1.29, 1.82) is 0 Å². The van der Waals surface area contributed by atoms with E-state index < -0.39 is 17.7 Å². The number of anilines is 2. The fourth-order valence-electron chi connectivity index (χ4n) is 2.71. The number of aromatic nitrogens is 1. The van der Waals surface area contributed by atoms with Gasteiger partial charge in [-0.05, 0) is 31.0 Å². The predicted molar refractivity (Wildman–Crippen MR) is 87.0 cm³/mol. The van der Waals surface area contributed by atoms with Crippen LogP contribution in [0, 0.1) is 5.82 Å². The van der Waals surface area contributed by atoms with Gasteiger partial charge in [-0.15, -0.1) is 0 Å². The first-order chi connectivity index (χ1) is 11.6. The molecule has 0 unspecified atom stereocenters. The standard InChI is InChI=1S/C17H16FN3O3/c18-14-6-2-1-5-12(14)16(22)20-11-9-13(17(23)24)15(19-10-11)21-7-3-4-8-21/h1-2,5-6,9-10H,3-4,7-8H2,(H,20,22)(H,23,24). The van der Waals surface area contributed by atoms with Gasteiger partial charge < -0.3 is 15.3 Å². The summed E-state index contributed by atoms with van der Waals surface area (Å²) < 4.78 is 13.6. The molecule has 0 aliphatic carbocycles. The minimum Gasteiger partial charge on any atom is -0.478 e. The summed E-state index contributed by atoms with van der Waals surface area (Å²) in [7, 11) is 0. The number of amides is 1. The van der Waals surface area contributed by atoms with Crippen LogP contribution in [-0.2, 0) is 0 Å². The summed E-state index contributed by atoms with van der Waals surface area (Å²) in [5.74, 6) is -2.02. The van der Waals surface area contributed by atoms with Crippen LogP contribution in [0.25, 0.3) is 0 Å². The number of nitrogens with one attached hydrogen (secondary N) is 1. The van der Waals surface area contributed by atoms with E-state index in [0.717, 1.165) is 25.9 Å². The van der Waals surface area contributed by atoms with Crippen molar-refractivity contribution < 1.29 is 19.1 Å². The first kappa shape index (κ1) is 15.9. The molecule has 2 aromatic rings. The number of halogens is 1. The first-order valence-corrected chi connectivity index (χ1v) is 7.60. The molecular weight excluding hydrogens is 313 g/mol. The largest absolute Gasteiger partial charge is 0.478 e. The number of aromatic carboxylic acids is 1. The predicted octanol–water partition coefficient (Wildman–Crippen LogP) is 2.77. The summed E-state index contributed by atoms with van der Waals surface area (Å²) in [6.07, 6.45) is 3.37. The number of benzene rings is 1. The summed E-state index contributed by atoms with van der Waals surface area (Å²) in [5, 5.41) is 11.9. The molecule has 0 atom stereocenters. The zero-order valence-electron chi connectivity index (χ0n) is 12.8. The average Bonchev–Trinajstić information content (AvgIpc) is 3.09. The van der Waals surface area contributed by atoms with Crippen molar-refractivity contribution in [2.75, 3.05) is 23.3 Å². The van der Waals surface area contributed by atoms with Crippen LogP contribution in [0.5, 0.6) is 0 Å². The van der Waals surface area contributed by atoms with Gasteiger partial charge in [-0.1, -0.05) is 12.1 Å². The van der Waals surface area contributed by atoms with Gasteiger partial charge in [0.1, 0.15) is 17.2 Å². The lowest BCUT2D eigenvalue weighted by molar-refractivity contribution is 0.0696. The van der Waals surface area contributed by atoms with Crippen molar-refractivity contribution in [3.05, 3.63) is 53.5 Å². The lowest BCUT2D eigenvalue weighted by Gasteiger charge is -2.19. The minimum absolute atomic E-state index is 0.0169. The fraction of sp³-hybridized carbons (Fsp3) is 0.235. The molecule has 124 valence electrons. The summed E-state index contributed by atoms with van der Waals surface area (Å²) >= 11 is 0.